The van der Waals surface area contributed by atoms with Crippen LogP contribution in [-0.4, -0.2) is 4.98 Å². The molecule has 14 heavy (non-hydrogen) atoms. The van der Waals surface area contributed by atoms with Gasteiger partial charge in [0.15, 0.2) is 0 Å². The van der Waals surface area contributed by atoms with E-state index in [4.69, 9.17) is 5.84 Å². The fourth-order valence-electron chi connectivity index (χ4n) is 1.67. The summed E-state index contributed by atoms with van der Waals surface area (Å²) in [5, 5.41) is 1.10. The molecule has 0 aromatic carbocycles. The Hall–Kier alpha value is -0.450. The second-order valence-corrected chi connectivity index (χ2v) is 4.96. The van der Waals surface area contributed by atoms with Gasteiger partial charge in [-0.15, -0.1) is 11.3 Å². The summed E-state index contributed by atoms with van der Waals surface area (Å²) in [6.07, 6.45) is 4.31. The SMILES string of the molecule is CCCC(C)C(NN)c1cnc(C)s1. The number of rotatable bonds is 5. The van der Waals surface area contributed by atoms with Crippen LogP contribution in [0.3, 0.4) is 0 Å². The summed E-state index contributed by atoms with van der Waals surface area (Å²) in [4.78, 5) is 5.49. The predicted octanol–water partition coefficient (Wildman–Crippen LogP) is 2.39. The first kappa shape index (κ1) is 11.6. The van der Waals surface area contributed by atoms with E-state index >= 15 is 0 Å². The number of thiazole rings is 1. The summed E-state index contributed by atoms with van der Waals surface area (Å²) in [7, 11) is 0. The van der Waals surface area contributed by atoms with E-state index in [-0.39, 0.29) is 6.04 Å². The van der Waals surface area contributed by atoms with Gasteiger partial charge in [-0.25, -0.2) is 4.98 Å². The highest BCUT2D eigenvalue weighted by Gasteiger charge is 2.18. The van der Waals surface area contributed by atoms with Gasteiger partial charge in [-0.1, -0.05) is 20.3 Å². The number of aryl methyl sites for hydroxylation is 1. The van der Waals surface area contributed by atoms with Crippen molar-refractivity contribution in [1.82, 2.24) is 10.4 Å². The minimum Gasteiger partial charge on any atom is -0.271 e. The van der Waals surface area contributed by atoms with Gasteiger partial charge in [-0.05, 0) is 19.3 Å². The van der Waals surface area contributed by atoms with Crippen molar-refractivity contribution in [2.24, 2.45) is 11.8 Å². The number of aromatic nitrogens is 1. The van der Waals surface area contributed by atoms with Crippen molar-refractivity contribution < 1.29 is 0 Å². The highest BCUT2D eigenvalue weighted by molar-refractivity contribution is 7.11. The minimum atomic E-state index is 0.251. The molecule has 1 rings (SSSR count). The largest absolute Gasteiger partial charge is 0.271 e. The van der Waals surface area contributed by atoms with Crippen LogP contribution >= 0.6 is 11.3 Å². The van der Waals surface area contributed by atoms with Gasteiger partial charge >= 0.3 is 0 Å². The molecule has 3 N–H and O–H groups in total. The van der Waals surface area contributed by atoms with Crippen LogP contribution in [0.25, 0.3) is 0 Å². The van der Waals surface area contributed by atoms with Crippen LogP contribution in [-0.2, 0) is 0 Å². The van der Waals surface area contributed by atoms with Crippen LogP contribution in [0.1, 0.15) is 42.6 Å². The van der Waals surface area contributed by atoms with Gasteiger partial charge in [0.2, 0.25) is 0 Å². The third-order valence-electron chi connectivity index (χ3n) is 2.44. The highest BCUT2D eigenvalue weighted by Crippen LogP contribution is 2.28. The normalized spacial score (nSPS) is 15.4. The molecule has 0 bridgehead atoms. The Morgan fingerprint density at radius 3 is 2.79 bits per heavy atom. The van der Waals surface area contributed by atoms with Crippen LogP contribution in [0.2, 0.25) is 0 Å². The van der Waals surface area contributed by atoms with Gasteiger partial charge in [0, 0.05) is 11.1 Å². The number of hydrogen-bond acceptors (Lipinski definition) is 4. The second-order valence-electron chi connectivity index (χ2n) is 3.69. The summed E-state index contributed by atoms with van der Waals surface area (Å²) in [5.41, 5.74) is 2.89. The average molecular weight is 213 g/mol. The second kappa shape index (κ2) is 5.44. The summed E-state index contributed by atoms with van der Waals surface area (Å²) < 4.78 is 0. The predicted molar refractivity (Wildman–Crippen MR) is 61.0 cm³/mol. The summed E-state index contributed by atoms with van der Waals surface area (Å²) >= 11 is 1.72. The molecule has 0 saturated heterocycles. The van der Waals surface area contributed by atoms with Crippen molar-refractivity contribution in [3.8, 4) is 0 Å². The van der Waals surface area contributed by atoms with Crippen molar-refractivity contribution >= 4 is 11.3 Å². The smallest absolute Gasteiger partial charge is 0.0897 e. The molecule has 1 aromatic rings. The Bertz CT molecular complexity index is 272. The molecule has 0 aliphatic carbocycles. The lowest BCUT2D eigenvalue weighted by molar-refractivity contribution is 0.372. The van der Waals surface area contributed by atoms with Crippen LogP contribution in [0, 0.1) is 12.8 Å². The maximum Gasteiger partial charge on any atom is 0.0897 e. The third kappa shape index (κ3) is 2.77. The molecule has 1 heterocycles. The molecular weight excluding hydrogens is 194 g/mol. The van der Waals surface area contributed by atoms with Crippen molar-refractivity contribution in [3.63, 3.8) is 0 Å². The number of hydrazine groups is 1. The molecule has 0 fully saturated rings. The van der Waals surface area contributed by atoms with Gasteiger partial charge < -0.3 is 0 Å². The summed E-state index contributed by atoms with van der Waals surface area (Å²) in [5.74, 6) is 6.13. The van der Waals surface area contributed by atoms with E-state index < -0.39 is 0 Å². The molecule has 1 aromatic heterocycles. The summed E-state index contributed by atoms with van der Waals surface area (Å²) in [6.45, 7) is 6.44. The zero-order valence-electron chi connectivity index (χ0n) is 9.08. The molecule has 0 spiro atoms. The molecule has 0 radical (unpaired) electrons. The van der Waals surface area contributed by atoms with Gasteiger partial charge in [-0.2, -0.15) is 0 Å². The van der Waals surface area contributed by atoms with E-state index in [0.29, 0.717) is 5.92 Å². The van der Waals surface area contributed by atoms with Crippen LogP contribution < -0.4 is 11.3 Å². The van der Waals surface area contributed by atoms with E-state index in [1.54, 1.807) is 11.3 Å². The van der Waals surface area contributed by atoms with Crippen LogP contribution in [0.5, 0.6) is 0 Å². The maximum absolute atomic E-state index is 5.57. The first-order valence-electron chi connectivity index (χ1n) is 5.07. The lowest BCUT2D eigenvalue weighted by atomic mass is 9.97. The summed E-state index contributed by atoms with van der Waals surface area (Å²) in [6, 6.07) is 0.251. The molecule has 4 heteroatoms. The fourth-order valence-corrected chi connectivity index (χ4v) is 2.65. The molecule has 2 atom stereocenters. The molecule has 0 aliphatic rings. The van der Waals surface area contributed by atoms with Gasteiger partial charge in [-0.3, -0.25) is 11.3 Å². The van der Waals surface area contributed by atoms with Gasteiger partial charge in [0.1, 0.15) is 0 Å². The van der Waals surface area contributed by atoms with Crippen molar-refractivity contribution in [1.29, 1.82) is 0 Å². The minimum absolute atomic E-state index is 0.251. The molecule has 3 nitrogen and oxygen atoms in total. The fraction of sp³-hybridized carbons (Fsp3) is 0.700. The van der Waals surface area contributed by atoms with E-state index in [1.165, 1.54) is 17.7 Å². The Morgan fingerprint density at radius 1 is 1.64 bits per heavy atom. The molecule has 0 saturated carbocycles. The quantitative estimate of drug-likeness (QED) is 0.583. The average Bonchev–Trinajstić information content (AvgIpc) is 2.54. The third-order valence-corrected chi connectivity index (χ3v) is 3.43. The van der Waals surface area contributed by atoms with E-state index in [0.717, 1.165) is 5.01 Å². The number of hydrogen-bond donors (Lipinski definition) is 2. The Morgan fingerprint density at radius 2 is 2.36 bits per heavy atom. The van der Waals surface area contributed by atoms with E-state index in [9.17, 15) is 0 Å². The highest BCUT2D eigenvalue weighted by atomic mass is 32.1. The topological polar surface area (TPSA) is 50.9 Å². The van der Waals surface area contributed by atoms with E-state index in [2.05, 4.69) is 24.3 Å². The zero-order valence-corrected chi connectivity index (χ0v) is 9.90. The molecule has 2 unspecified atom stereocenters. The monoisotopic (exact) mass is 213 g/mol. The molecule has 80 valence electrons. The van der Waals surface area contributed by atoms with Gasteiger partial charge in [0.25, 0.3) is 0 Å². The lowest BCUT2D eigenvalue weighted by Crippen LogP contribution is -2.31. The van der Waals surface area contributed by atoms with Crippen molar-refractivity contribution in [2.75, 3.05) is 0 Å². The lowest BCUT2D eigenvalue weighted by Gasteiger charge is -2.21. The Balaban J connectivity index is 2.71. The molecular formula is C10H19N3S. The number of nitrogens with one attached hydrogen (secondary N) is 1. The molecule has 0 amide bonds. The first-order valence-corrected chi connectivity index (χ1v) is 5.89. The van der Waals surface area contributed by atoms with Crippen molar-refractivity contribution in [2.45, 2.75) is 39.7 Å². The zero-order chi connectivity index (χ0) is 10.6. The van der Waals surface area contributed by atoms with Crippen LogP contribution in [0.4, 0.5) is 0 Å². The number of nitrogens with two attached hydrogens (primary N) is 1. The maximum atomic E-state index is 5.57. The van der Waals surface area contributed by atoms with Crippen LogP contribution in [0.15, 0.2) is 6.20 Å². The van der Waals surface area contributed by atoms with Crippen molar-refractivity contribution in [3.05, 3.63) is 16.1 Å². The van der Waals surface area contributed by atoms with E-state index in [1.807, 2.05) is 13.1 Å². The number of nitrogens with zero attached hydrogens (tertiary/aromatic N) is 1. The van der Waals surface area contributed by atoms with Gasteiger partial charge in [0.05, 0.1) is 11.0 Å². The first-order chi connectivity index (χ1) is 6.69. The Labute approximate surface area is 89.7 Å². The standard InChI is InChI=1S/C10H19N3S/c1-4-5-7(2)10(13-11)9-6-12-8(3)14-9/h6-7,10,13H,4-5,11H2,1-3H3. The Kier molecular flexibility index (Phi) is 4.51. The molecule has 0 aliphatic heterocycles.